The summed E-state index contributed by atoms with van der Waals surface area (Å²) in [6.07, 6.45) is 1.95. The van der Waals surface area contributed by atoms with Crippen LogP contribution < -0.4 is 0 Å². The molecule has 10 aromatic rings. The number of para-hydroxylation sites is 3. The van der Waals surface area contributed by atoms with Crippen LogP contribution in [-0.4, -0.2) is 14.1 Å². The first-order valence-corrected chi connectivity index (χ1v) is 17.7. The molecule has 0 aliphatic heterocycles. The Hall–Kier alpha value is -6.97. The van der Waals surface area contributed by atoms with Crippen molar-refractivity contribution in [1.29, 1.82) is 0 Å². The first kappa shape index (κ1) is 29.9. The summed E-state index contributed by atoms with van der Waals surface area (Å²) in [7, 11) is 0. The van der Waals surface area contributed by atoms with Crippen molar-refractivity contribution in [2.75, 3.05) is 0 Å². The van der Waals surface area contributed by atoms with E-state index < -0.39 is 0 Å². The Kier molecular flexibility index (Phi) is 6.97. The summed E-state index contributed by atoms with van der Waals surface area (Å²) in [4.78, 5) is 5.30. The summed E-state index contributed by atoms with van der Waals surface area (Å²) in [5.41, 5.74) is 14.3. The van der Waals surface area contributed by atoms with E-state index >= 15 is 0 Å². The van der Waals surface area contributed by atoms with E-state index in [4.69, 9.17) is 4.98 Å². The second-order valence-electron chi connectivity index (χ2n) is 13.3. The van der Waals surface area contributed by atoms with Crippen molar-refractivity contribution in [3.8, 4) is 45.0 Å². The summed E-state index contributed by atoms with van der Waals surface area (Å²) >= 11 is 0. The van der Waals surface area contributed by atoms with Gasteiger partial charge >= 0.3 is 0 Å². The van der Waals surface area contributed by atoms with Gasteiger partial charge in [-0.2, -0.15) is 0 Å². The maximum absolute atomic E-state index is 5.30. The molecule has 0 unspecified atom stereocenters. The average molecular weight is 664 g/mol. The van der Waals surface area contributed by atoms with E-state index in [0.29, 0.717) is 0 Å². The van der Waals surface area contributed by atoms with Crippen molar-refractivity contribution in [2.45, 2.75) is 0 Å². The first-order valence-electron chi connectivity index (χ1n) is 17.7. The van der Waals surface area contributed by atoms with Gasteiger partial charge in [0.15, 0.2) is 0 Å². The lowest BCUT2D eigenvalue weighted by molar-refractivity contribution is 1.18. The smallest absolute Gasteiger partial charge is 0.0716 e. The maximum Gasteiger partial charge on any atom is 0.0716 e. The summed E-state index contributed by atoms with van der Waals surface area (Å²) < 4.78 is 4.74. The Morgan fingerprint density at radius 1 is 0.385 bits per heavy atom. The Balaban J connectivity index is 1.16. The molecule has 0 fully saturated rings. The third-order valence-electron chi connectivity index (χ3n) is 10.3. The Morgan fingerprint density at radius 3 is 1.54 bits per heavy atom. The van der Waals surface area contributed by atoms with Crippen LogP contribution in [0.2, 0.25) is 0 Å². The molecule has 3 heterocycles. The summed E-state index contributed by atoms with van der Waals surface area (Å²) in [6.45, 7) is 4.12. The van der Waals surface area contributed by atoms with Crippen molar-refractivity contribution in [3.63, 3.8) is 0 Å². The predicted octanol–water partition coefficient (Wildman–Crippen LogP) is 12.9. The highest BCUT2D eigenvalue weighted by atomic mass is 15.0. The zero-order chi connectivity index (χ0) is 34.6. The van der Waals surface area contributed by atoms with Crippen LogP contribution >= 0.6 is 0 Å². The molecule has 0 amide bonds. The van der Waals surface area contributed by atoms with E-state index in [1.807, 2.05) is 6.08 Å². The number of rotatable bonds is 6. The van der Waals surface area contributed by atoms with Crippen molar-refractivity contribution in [3.05, 3.63) is 194 Å². The molecule has 0 aliphatic rings. The normalized spacial score (nSPS) is 11.5. The number of hydrogen-bond acceptors (Lipinski definition) is 1. The van der Waals surface area contributed by atoms with E-state index in [0.717, 1.165) is 56.1 Å². The van der Waals surface area contributed by atoms with Crippen LogP contribution in [0.4, 0.5) is 0 Å². The minimum Gasteiger partial charge on any atom is -0.309 e. The van der Waals surface area contributed by atoms with E-state index in [9.17, 15) is 0 Å². The van der Waals surface area contributed by atoms with Gasteiger partial charge in [0.1, 0.15) is 0 Å². The number of fused-ring (bicyclic) bond motifs is 6. The lowest BCUT2D eigenvalue weighted by Gasteiger charge is -2.14. The van der Waals surface area contributed by atoms with Crippen LogP contribution in [0.5, 0.6) is 0 Å². The summed E-state index contributed by atoms with van der Waals surface area (Å²) in [5, 5.41) is 4.94. The number of benzene rings is 7. The monoisotopic (exact) mass is 663 g/mol. The molecule has 0 saturated heterocycles. The first-order chi connectivity index (χ1) is 25.7. The van der Waals surface area contributed by atoms with Crippen LogP contribution in [0.15, 0.2) is 189 Å². The quantitative estimate of drug-likeness (QED) is 0.174. The van der Waals surface area contributed by atoms with E-state index in [-0.39, 0.29) is 0 Å². The topological polar surface area (TPSA) is 22.8 Å². The van der Waals surface area contributed by atoms with Gasteiger partial charge in [0.25, 0.3) is 0 Å². The highest BCUT2D eigenvalue weighted by molar-refractivity contribution is 6.13. The summed E-state index contributed by atoms with van der Waals surface area (Å²) in [5.74, 6) is 0. The molecule has 52 heavy (non-hydrogen) atoms. The zero-order valence-electron chi connectivity index (χ0n) is 28.4. The average Bonchev–Trinajstić information content (AvgIpc) is 3.74. The number of aromatic nitrogens is 3. The Morgan fingerprint density at radius 2 is 0.865 bits per heavy atom. The zero-order valence-corrected chi connectivity index (χ0v) is 28.4. The third-order valence-corrected chi connectivity index (χ3v) is 10.3. The van der Waals surface area contributed by atoms with Crippen LogP contribution in [0.3, 0.4) is 0 Å². The van der Waals surface area contributed by atoms with Gasteiger partial charge in [-0.05, 0) is 77.4 Å². The fourth-order valence-electron chi connectivity index (χ4n) is 7.93. The molecule has 3 aromatic heterocycles. The van der Waals surface area contributed by atoms with Crippen molar-refractivity contribution in [1.82, 2.24) is 14.1 Å². The van der Waals surface area contributed by atoms with Gasteiger partial charge in [0.05, 0.1) is 33.5 Å². The van der Waals surface area contributed by atoms with Gasteiger partial charge in [0.2, 0.25) is 0 Å². The SMILES string of the molecule is C=Cc1cccc2c1c1ccccc1n2-c1cccc(-c2cc(-c3ccccc3)nc(-c3cccc(-n4c5ccccc5c5ccccc54)c3)c2)c1. The molecule has 3 nitrogen and oxygen atoms in total. The molecule has 0 spiro atoms. The molecule has 244 valence electrons. The molecule has 10 rings (SSSR count). The fourth-order valence-corrected chi connectivity index (χ4v) is 7.93. The molecule has 0 N–H and O–H groups in total. The standard InChI is InChI=1S/C49H33N3/c1-2-33-17-14-28-48-49(33)42-24-8-11-27-47(42)52(48)38-20-12-18-35(29-38)37-31-43(34-15-4-3-5-16-34)50-44(32-37)36-19-13-21-39(30-36)51-45-25-9-6-22-40(45)41-23-7-10-26-46(41)51/h2-32H,1H2. The van der Waals surface area contributed by atoms with Crippen molar-refractivity contribution >= 4 is 49.7 Å². The maximum atomic E-state index is 5.30. The van der Waals surface area contributed by atoms with Crippen molar-refractivity contribution in [2.24, 2.45) is 0 Å². The Bertz CT molecular complexity index is 2930. The largest absolute Gasteiger partial charge is 0.309 e. The number of pyridine rings is 1. The molecule has 0 bridgehead atoms. The minimum atomic E-state index is 0.928. The van der Waals surface area contributed by atoms with E-state index in [2.05, 4.69) is 198 Å². The highest BCUT2D eigenvalue weighted by Crippen LogP contribution is 2.38. The number of hydrogen-bond donors (Lipinski definition) is 0. The molecule has 0 atom stereocenters. The van der Waals surface area contributed by atoms with Gasteiger partial charge in [-0.15, -0.1) is 0 Å². The number of nitrogens with zero attached hydrogens (tertiary/aromatic N) is 3. The molecule has 0 radical (unpaired) electrons. The summed E-state index contributed by atoms with van der Waals surface area (Å²) in [6, 6.07) is 65.0. The lowest BCUT2D eigenvalue weighted by atomic mass is 9.99. The van der Waals surface area contributed by atoms with Crippen LogP contribution in [0.25, 0.3) is 94.7 Å². The highest BCUT2D eigenvalue weighted by Gasteiger charge is 2.17. The Labute approximate surface area is 302 Å². The fraction of sp³-hybridized carbons (Fsp3) is 0. The van der Waals surface area contributed by atoms with Crippen molar-refractivity contribution < 1.29 is 0 Å². The van der Waals surface area contributed by atoms with E-state index in [1.54, 1.807) is 0 Å². The van der Waals surface area contributed by atoms with Gasteiger partial charge in [-0.25, -0.2) is 4.98 Å². The molecule has 0 saturated carbocycles. The molecule has 7 aromatic carbocycles. The second kappa shape index (κ2) is 12.1. The van der Waals surface area contributed by atoms with Gasteiger partial charge in [-0.1, -0.05) is 134 Å². The molecule has 3 heteroatoms. The molecular weight excluding hydrogens is 631 g/mol. The van der Waals surface area contributed by atoms with Crippen LogP contribution in [0, 0.1) is 0 Å². The molecule has 0 aliphatic carbocycles. The van der Waals surface area contributed by atoms with Gasteiger partial charge in [-0.3, -0.25) is 0 Å². The lowest BCUT2D eigenvalue weighted by Crippen LogP contribution is -1.96. The minimum absolute atomic E-state index is 0.928. The van der Waals surface area contributed by atoms with Crippen LogP contribution in [-0.2, 0) is 0 Å². The molecular formula is C49H33N3. The van der Waals surface area contributed by atoms with E-state index in [1.165, 1.54) is 38.1 Å². The predicted molar refractivity (Wildman–Crippen MR) is 219 cm³/mol. The van der Waals surface area contributed by atoms with Gasteiger partial charge < -0.3 is 9.13 Å². The van der Waals surface area contributed by atoms with Gasteiger partial charge in [0, 0.05) is 44.0 Å². The second-order valence-corrected chi connectivity index (χ2v) is 13.3. The third kappa shape index (κ3) is 4.79. The van der Waals surface area contributed by atoms with Crippen LogP contribution in [0.1, 0.15) is 5.56 Å².